The first-order valence-electron chi connectivity index (χ1n) is 6.28. The fraction of sp³-hybridized carbons (Fsp3) is 0.833. The number of carbonyl (C=O) groups is 2. The van der Waals surface area contributed by atoms with E-state index < -0.39 is 0 Å². The first kappa shape index (κ1) is 13.2. The molecular formula is C12H22N2O2. The molecule has 0 aliphatic carbocycles. The maximum absolute atomic E-state index is 11.8. The van der Waals surface area contributed by atoms with Crippen LogP contribution in [0.25, 0.3) is 0 Å². The van der Waals surface area contributed by atoms with E-state index in [2.05, 4.69) is 12.2 Å². The molecule has 1 saturated heterocycles. The molecular weight excluding hydrogens is 204 g/mol. The molecule has 2 amide bonds. The smallest absolute Gasteiger partial charge is 0.246 e. The Kier molecular flexibility index (Phi) is 5.46. The minimum absolute atomic E-state index is 0.0279. The molecule has 4 heteroatoms. The standard InChI is InChI=1S/C12H22N2O2/c1-3-5-6-7-13-10-9-11(15)14(8-4-2)12(10)16/h10,13H,3-9H2,1-2H3. The van der Waals surface area contributed by atoms with Crippen molar-refractivity contribution < 1.29 is 9.59 Å². The molecule has 1 aliphatic heterocycles. The maximum atomic E-state index is 11.8. The third-order valence-corrected chi connectivity index (χ3v) is 2.86. The zero-order chi connectivity index (χ0) is 12.0. The molecule has 1 unspecified atom stereocenters. The van der Waals surface area contributed by atoms with Crippen LogP contribution in [0.5, 0.6) is 0 Å². The molecule has 0 aromatic heterocycles. The second-order valence-electron chi connectivity index (χ2n) is 4.30. The van der Waals surface area contributed by atoms with E-state index in [0.717, 1.165) is 19.4 Å². The maximum Gasteiger partial charge on any atom is 0.246 e. The number of rotatable bonds is 7. The van der Waals surface area contributed by atoms with Crippen molar-refractivity contribution >= 4 is 11.8 Å². The Balaban J connectivity index is 2.34. The minimum atomic E-state index is -0.268. The van der Waals surface area contributed by atoms with E-state index in [0.29, 0.717) is 13.0 Å². The Morgan fingerprint density at radius 1 is 1.25 bits per heavy atom. The number of amides is 2. The topological polar surface area (TPSA) is 49.4 Å². The van der Waals surface area contributed by atoms with Crippen LogP contribution in [0.3, 0.4) is 0 Å². The fourth-order valence-electron chi connectivity index (χ4n) is 1.95. The van der Waals surface area contributed by atoms with Crippen LogP contribution in [0.1, 0.15) is 46.0 Å². The van der Waals surface area contributed by atoms with E-state index in [1.807, 2.05) is 6.92 Å². The molecule has 0 saturated carbocycles. The number of nitrogens with zero attached hydrogens (tertiary/aromatic N) is 1. The predicted octanol–water partition coefficient (Wildman–Crippen LogP) is 1.30. The second-order valence-corrected chi connectivity index (χ2v) is 4.30. The number of imide groups is 1. The third-order valence-electron chi connectivity index (χ3n) is 2.86. The Hall–Kier alpha value is -0.900. The van der Waals surface area contributed by atoms with Crippen LogP contribution in [0.15, 0.2) is 0 Å². The van der Waals surface area contributed by atoms with Gasteiger partial charge < -0.3 is 5.32 Å². The van der Waals surface area contributed by atoms with Gasteiger partial charge in [0.05, 0.1) is 12.5 Å². The van der Waals surface area contributed by atoms with Crippen LogP contribution in [0, 0.1) is 0 Å². The normalized spacial score (nSPS) is 20.9. The van der Waals surface area contributed by atoms with Gasteiger partial charge in [0.15, 0.2) is 0 Å². The lowest BCUT2D eigenvalue weighted by Crippen LogP contribution is -2.39. The Morgan fingerprint density at radius 3 is 2.62 bits per heavy atom. The molecule has 16 heavy (non-hydrogen) atoms. The molecule has 1 heterocycles. The molecule has 0 spiro atoms. The largest absolute Gasteiger partial charge is 0.305 e. The average Bonchev–Trinajstić information content (AvgIpc) is 2.53. The van der Waals surface area contributed by atoms with E-state index >= 15 is 0 Å². The van der Waals surface area contributed by atoms with Crippen molar-refractivity contribution in [1.82, 2.24) is 10.2 Å². The summed E-state index contributed by atoms with van der Waals surface area (Å²) in [5.74, 6) is -0.0665. The first-order valence-corrected chi connectivity index (χ1v) is 6.28. The van der Waals surface area contributed by atoms with Gasteiger partial charge in [-0.05, 0) is 19.4 Å². The number of unbranched alkanes of at least 4 members (excludes halogenated alkanes) is 2. The monoisotopic (exact) mass is 226 g/mol. The molecule has 92 valence electrons. The number of carbonyl (C=O) groups excluding carboxylic acids is 2. The van der Waals surface area contributed by atoms with Crippen molar-refractivity contribution in [1.29, 1.82) is 0 Å². The lowest BCUT2D eigenvalue weighted by atomic mass is 10.2. The Bertz CT molecular complexity index is 253. The molecule has 1 atom stereocenters. The summed E-state index contributed by atoms with van der Waals surface area (Å²) in [6.45, 7) is 5.51. The summed E-state index contributed by atoms with van der Waals surface area (Å²) in [6.07, 6.45) is 4.58. The van der Waals surface area contributed by atoms with E-state index in [4.69, 9.17) is 0 Å². The van der Waals surface area contributed by atoms with Gasteiger partial charge in [-0.2, -0.15) is 0 Å². The summed E-state index contributed by atoms with van der Waals surface area (Å²) < 4.78 is 0. The van der Waals surface area contributed by atoms with E-state index in [-0.39, 0.29) is 17.9 Å². The van der Waals surface area contributed by atoms with Crippen molar-refractivity contribution in [3.8, 4) is 0 Å². The van der Waals surface area contributed by atoms with Crippen LogP contribution >= 0.6 is 0 Å². The van der Waals surface area contributed by atoms with Crippen LogP contribution in [0.4, 0.5) is 0 Å². The van der Waals surface area contributed by atoms with E-state index in [9.17, 15) is 9.59 Å². The summed E-state index contributed by atoms with van der Waals surface area (Å²) in [4.78, 5) is 24.7. The van der Waals surface area contributed by atoms with Crippen molar-refractivity contribution in [3.05, 3.63) is 0 Å². The van der Waals surface area contributed by atoms with Gasteiger partial charge in [-0.1, -0.05) is 26.7 Å². The van der Waals surface area contributed by atoms with Crippen LogP contribution in [-0.4, -0.2) is 35.8 Å². The van der Waals surface area contributed by atoms with Crippen LogP contribution in [0.2, 0.25) is 0 Å². The number of hydrogen-bond donors (Lipinski definition) is 1. The molecule has 0 aromatic rings. The number of likely N-dealkylation sites (tertiary alicyclic amines) is 1. The summed E-state index contributed by atoms with van der Waals surface area (Å²) in [7, 11) is 0. The van der Waals surface area contributed by atoms with Crippen molar-refractivity contribution in [3.63, 3.8) is 0 Å². The molecule has 0 aromatic carbocycles. The molecule has 0 radical (unpaired) electrons. The molecule has 1 N–H and O–H groups in total. The number of nitrogens with one attached hydrogen (secondary N) is 1. The Morgan fingerprint density at radius 2 is 2.00 bits per heavy atom. The Labute approximate surface area is 97.4 Å². The molecule has 4 nitrogen and oxygen atoms in total. The number of hydrogen-bond acceptors (Lipinski definition) is 3. The SMILES string of the molecule is CCCCCNC1CC(=O)N(CCC)C1=O. The fourth-order valence-corrected chi connectivity index (χ4v) is 1.95. The second kappa shape index (κ2) is 6.63. The first-order chi connectivity index (χ1) is 7.70. The molecule has 0 bridgehead atoms. The molecule has 1 aliphatic rings. The predicted molar refractivity (Wildman–Crippen MR) is 62.9 cm³/mol. The molecule has 1 rings (SSSR count). The lowest BCUT2D eigenvalue weighted by molar-refractivity contribution is -0.138. The van der Waals surface area contributed by atoms with Gasteiger partial charge in [0.1, 0.15) is 0 Å². The van der Waals surface area contributed by atoms with Gasteiger partial charge in [-0.25, -0.2) is 0 Å². The highest BCUT2D eigenvalue weighted by molar-refractivity contribution is 6.05. The van der Waals surface area contributed by atoms with Crippen molar-refractivity contribution in [2.45, 2.75) is 52.0 Å². The average molecular weight is 226 g/mol. The van der Waals surface area contributed by atoms with Gasteiger partial charge in [0, 0.05) is 6.54 Å². The highest BCUT2D eigenvalue weighted by Gasteiger charge is 2.37. The van der Waals surface area contributed by atoms with Crippen LogP contribution < -0.4 is 5.32 Å². The summed E-state index contributed by atoms with van der Waals surface area (Å²) in [5, 5.41) is 3.17. The zero-order valence-electron chi connectivity index (χ0n) is 10.3. The third kappa shape index (κ3) is 3.30. The van der Waals surface area contributed by atoms with Crippen molar-refractivity contribution in [2.24, 2.45) is 0 Å². The van der Waals surface area contributed by atoms with Gasteiger partial charge in [-0.3, -0.25) is 14.5 Å². The van der Waals surface area contributed by atoms with E-state index in [1.165, 1.54) is 17.7 Å². The van der Waals surface area contributed by atoms with Gasteiger partial charge in [0.2, 0.25) is 11.8 Å². The van der Waals surface area contributed by atoms with Gasteiger partial charge in [0.25, 0.3) is 0 Å². The minimum Gasteiger partial charge on any atom is -0.305 e. The summed E-state index contributed by atoms with van der Waals surface area (Å²) >= 11 is 0. The zero-order valence-corrected chi connectivity index (χ0v) is 10.3. The molecule has 1 fully saturated rings. The van der Waals surface area contributed by atoms with Gasteiger partial charge >= 0.3 is 0 Å². The summed E-state index contributed by atoms with van der Waals surface area (Å²) in [5.41, 5.74) is 0. The van der Waals surface area contributed by atoms with E-state index in [1.54, 1.807) is 0 Å². The lowest BCUT2D eigenvalue weighted by Gasteiger charge is -2.14. The van der Waals surface area contributed by atoms with Crippen LogP contribution in [-0.2, 0) is 9.59 Å². The van der Waals surface area contributed by atoms with Gasteiger partial charge in [-0.15, -0.1) is 0 Å². The quantitative estimate of drug-likeness (QED) is 0.526. The van der Waals surface area contributed by atoms with Crippen molar-refractivity contribution in [2.75, 3.05) is 13.1 Å². The summed E-state index contributed by atoms with van der Waals surface area (Å²) in [6, 6.07) is -0.268. The highest BCUT2D eigenvalue weighted by Crippen LogP contribution is 2.13. The highest BCUT2D eigenvalue weighted by atomic mass is 16.2.